The fraction of sp³-hybridized carbons (Fsp3) is 0.500. The number of benzene rings is 1. The van der Waals surface area contributed by atoms with Crippen molar-refractivity contribution in [3.05, 3.63) is 28.2 Å². The summed E-state index contributed by atoms with van der Waals surface area (Å²) < 4.78 is 1.09. The molecule has 0 aliphatic rings. The third kappa shape index (κ3) is 3.68. The summed E-state index contributed by atoms with van der Waals surface area (Å²) in [5.74, 6) is 1.14. The van der Waals surface area contributed by atoms with Crippen molar-refractivity contribution in [2.45, 2.75) is 13.0 Å². The van der Waals surface area contributed by atoms with E-state index in [0.717, 1.165) is 22.3 Å². The molecule has 0 spiro atoms. The molecule has 1 aromatic carbocycles. The number of nitrogens with zero attached hydrogens (tertiary/aromatic N) is 1. The summed E-state index contributed by atoms with van der Waals surface area (Å²) in [5, 5.41) is 0. The molecule has 1 atom stereocenters. The molecule has 0 fully saturated rings. The van der Waals surface area contributed by atoms with Crippen LogP contribution in [0.2, 0.25) is 0 Å². The molecular formula is C12H19BrN2S. The van der Waals surface area contributed by atoms with Crippen LogP contribution in [0.1, 0.15) is 18.5 Å². The summed E-state index contributed by atoms with van der Waals surface area (Å²) in [6, 6.07) is 6.43. The fourth-order valence-corrected chi connectivity index (χ4v) is 2.66. The summed E-state index contributed by atoms with van der Waals surface area (Å²) >= 11 is 5.44. The second-order valence-corrected chi connectivity index (χ2v) is 5.75. The van der Waals surface area contributed by atoms with Crippen molar-refractivity contribution in [3.8, 4) is 0 Å². The Hall–Kier alpha value is -0.190. The zero-order valence-electron chi connectivity index (χ0n) is 10.0. The molecule has 0 aliphatic heterocycles. The van der Waals surface area contributed by atoms with Gasteiger partial charge in [0.1, 0.15) is 0 Å². The van der Waals surface area contributed by atoms with Gasteiger partial charge in [0.25, 0.3) is 0 Å². The van der Waals surface area contributed by atoms with Crippen molar-refractivity contribution in [1.29, 1.82) is 0 Å². The molecule has 90 valence electrons. The van der Waals surface area contributed by atoms with E-state index >= 15 is 0 Å². The number of nitrogens with two attached hydrogens (primary N) is 1. The molecule has 0 amide bonds. The number of hydrogen-bond donors (Lipinski definition) is 1. The standard InChI is InChI=1S/C12H19BrN2S/c1-9(14)11-5-4-10(8-12(11)13)15(2)6-7-16-3/h4-5,8-9H,6-7,14H2,1-3H3. The van der Waals surface area contributed by atoms with Crippen molar-refractivity contribution in [1.82, 2.24) is 0 Å². The maximum Gasteiger partial charge on any atom is 0.0375 e. The van der Waals surface area contributed by atoms with Crippen LogP contribution in [0.15, 0.2) is 22.7 Å². The van der Waals surface area contributed by atoms with Gasteiger partial charge in [-0.05, 0) is 30.9 Å². The zero-order chi connectivity index (χ0) is 12.1. The van der Waals surface area contributed by atoms with E-state index in [2.05, 4.69) is 52.3 Å². The van der Waals surface area contributed by atoms with Crippen molar-refractivity contribution in [2.24, 2.45) is 5.73 Å². The Morgan fingerprint density at radius 1 is 1.50 bits per heavy atom. The van der Waals surface area contributed by atoms with Crippen LogP contribution in [0.5, 0.6) is 0 Å². The van der Waals surface area contributed by atoms with Gasteiger partial charge in [0.15, 0.2) is 0 Å². The number of hydrogen-bond acceptors (Lipinski definition) is 3. The quantitative estimate of drug-likeness (QED) is 0.905. The molecular weight excluding hydrogens is 284 g/mol. The topological polar surface area (TPSA) is 29.3 Å². The molecule has 0 heterocycles. The van der Waals surface area contributed by atoms with Gasteiger partial charge in [-0.2, -0.15) is 11.8 Å². The number of rotatable bonds is 5. The van der Waals surface area contributed by atoms with E-state index in [4.69, 9.17) is 5.73 Å². The van der Waals surface area contributed by atoms with Crippen LogP contribution in [-0.2, 0) is 0 Å². The van der Waals surface area contributed by atoms with Gasteiger partial charge in [0.2, 0.25) is 0 Å². The van der Waals surface area contributed by atoms with Gasteiger partial charge in [0, 0.05) is 35.5 Å². The molecule has 1 aromatic rings. The highest BCUT2D eigenvalue weighted by Gasteiger charge is 2.07. The summed E-state index contributed by atoms with van der Waals surface area (Å²) in [6.07, 6.45) is 2.13. The Balaban J connectivity index is 2.80. The zero-order valence-corrected chi connectivity index (χ0v) is 12.4. The first-order valence-corrected chi connectivity index (χ1v) is 7.50. The monoisotopic (exact) mass is 302 g/mol. The number of anilines is 1. The van der Waals surface area contributed by atoms with E-state index in [1.165, 1.54) is 5.69 Å². The Kier molecular flexibility index (Phi) is 5.66. The maximum atomic E-state index is 5.87. The van der Waals surface area contributed by atoms with Crippen LogP contribution in [0.25, 0.3) is 0 Å². The van der Waals surface area contributed by atoms with E-state index in [0.29, 0.717) is 0 Å². The number of thioether (sulfide) groups is 1. The average molecular weight is 303 g/mol. The van der Waals surface area contributed by atoms with E-state index in [1.54, 1.807) is 0 Å². The highest BCUT2D eigenvalue weighted by molar-refractivity contribution is 9.10. The van der Waals surface area contributed by atoms with Gasteiger partial charge in [-0.25, -0.2) is 0 Å². The molecule has 2 N–H and O–H groups in total. The highest BCUT2D eigenvalue weighted by Crippen LogP contribution is 2.26. The molecule has 2 nitrogen and oxygen atoms in total. The van der Waals surface area contributed by atoms with Gasteiger partial charge >= 0.3 is 0 Å². The summed E-state index contributed by atoms with van der Waals surface area (Å²) in [6.45, 7) is 3.06. The highest BCUT2D eigenvalue weighted by atomic mass is 79.9. The van der Waals surface area contributed by atoms with Gasteiger partial charge in [-0.15, -0.1) is 0 Å². The van der Waals surface area contributed by atoms with Gasteiger partial charge in [-0.3, -0.25) is 0 Å². The van der Waals surface area contributed by atoms with Crippen LogP contribution in [0, 0.1) is 0 Å². The van der Waals surface area contributed by atoms with Crippen molar-refractivity contribution in [3.63, 3.8) is 0 Å². The third-order valence-electron chi connectivity index (χ3n) is 2.55. The molecule has 0 radical (unpaired) electrons. The minimum atomic E-state index is 0.0694. The normalized spacial score (nSPS) is 12.6. The van der Waals surface area contributed by atoms with E-state index in [-0.39, 0.29) is 6.04 Å². The van der Waals surface area contributed by atoms with Crippen molar-refractivity contribution in [2.75, 3.05) is 30.5 Å². The van der Waals surface area contributed by atoms with Crippen LogP contribution < -0.4 is 10.6 Å². The van der Waals surface area contributed by atoms with Gasteiger partial charge in [0.05, 0.1) is 0 Å². The summed E-state index contributed by atoms with van der Waals surface area (Å²) in [5.41, 5.74) is 8.26. The van der Waals surface area contributed by atoms with Gasteiger partial charge in [-0.1, -0.05) is 22.0 Å². The summed E-state index contributed by atoms with van der Waals surface area (Å²) in [4.78, 5) is 2.26. The smallest absolute Gasteiger partial charge is 0.0375 e. The van der Waals surface area contributed by atoms with E-state index < -0.39 is 0 Å². The minimum Gasteiger partial charge on any atom is -0.374 e. The average Bonchev–Trinajstić information content (AvgIpc) is 2.25. The lowest BCUT2D eigenvalue weighted by Gasteiger charge is -2.20. The van der Waals surface area contributed by atoms with Crippen LogP contribution in [0.4, 0.5) is 5.69 Å². The first kappa shape index (κ1) is 13.9. The Bertz CT molecular complexity index is 342. The maximum absolute atomic E-state index is 5.87. The van der Waals surface area contributed by atoms with Crippen LogP contribution in [-0.4, -0.2) is 25.6 Å². The van der Waals surface area contributed by atoms with Crippen LogP contribution in [0.3, 0.4) is 0 Å². The Morgan fingerprint density at radius 3 is 2.69 bits per heavy atom. The molecule has 16 heavy (non-hydrogen) atoms. The lowest BCUT2D eigenvalue weighted by molar-refractivity contribution is 0.812. The van der Waals surface area contributed by atoms with E-state index in [1.807, 2.05) is 18.7 Å². The van der Waals surface area contributed by atoms with Gasteiger partial charge < -0.3 is 10.6 Å². The molecule has 0 saturated heterocycles. The summed E-state index contributed by atoms with van der Waals surface area (Å²) in [7, 11) is 2.11. The van der Waals surface area contributed by atoms with Crippen LogP contribution >= 0.6 is 27.7 Å². The second-order valence-electron chi connectivity index (χ2n) is 3.91. The predicted molar refractivity (Wildman–Crippen MR) is 78.4 cm³/mol. The molecule has 4 heteroatoms. The molecule has 0 saturated carbocycles. The first-order valence-electron chi connectivity index (χ1n) is 5.31. The fourth-order valence-electron chi connectivity index (χ4n) is 1.48. The molecule has 1 rings (SSSR count). The Labute approximate surface area is 111 Å². The third-order valence-corrected chi connectivity index (χ3v) is 3.82. The number of halogens is 1. The van der Waals surface area contributed by atoms with Crippen molar-refractivity contribution >= 4 is 33.4 Å². The SMILES string of the molecule is CSCCN(C)c1ccc(C(C)N)c(Br)c1. The van der Waals surface area contributed by atoms with E-state index in [9.17, 15) is 0 Å². The van der Waals surface area contributed by atoms with Crippen molar-refractivity contribution < 1.29 is 0 Å². The largest absolute Gasteiger partial charge is 0.374 e. The first-order chi connectivity index (χ1) is 7.56. The lowest BCUT2D eigenvalue weighted by atomic mass is 10.1. The molecule has 0 aliphatic carbocycles. The molecule has 1 unspecified atom stereocenters. The lowest BCUT2D eigenvalue weighted by Crippen LogP contribution is -2.20. The Morgan fingerprint density at radius 2 is 2.19 bits per heavy atom. The molecule has 0 bridgehead atoms. The molecule has 0 aromatic heterocycles. The predicted octanol–water partition coefficient (Wildman–Crippen LogP) is 3.27. The second kappa shape index (κ2) is 6.52. The minimum absolute atomic E-state index is 0.0694.